The minimum absolute atomic E-state index is 1.08. The maximum Gasteiger partial charge on any atom is 0.143 e. The molecule has 0 spiro atoms. The summed E-state index contributed by atoms with van der Waals surface area (Å²) < 4.78 is 0. The number of halogens is 1. The molecule has 0 amide bonds. The Hall–Kier alpha value is 0.724. The lowest BCUT2D eigenvalue weighted by atomic mass is 10.4. The van der Waals surface area contributed by atoms with Gasteiger partial charge in [-0.25, -0.2) is 0 Å². The molecule has 14 heavy (non-hydrogen) atoms. The van der Waals surface area contributed by atoms with Crippen LogP contribution in [0.15, 0.2) is 0 Å². The van der Waals surface area contributed by atoms with Gasteiger partial charge in [0, 0.05) is 0 Å². The summed E-state index contributed by atoms with van der Waals surface area (Å²) >= 11 is 6.84. The number of unbranched alkanes of at least 4 members (excludes halogenated alkanes) is 2. The number of hydrogen-bond acceptors (Lipinski definition) is 0. The Morgan fingerprint density at radius 2 is 1.29 bits per heavy atom. The van der Waals surface area contributed by atoms with Gasteiger partial charge in [0.1, 0.15) is 6.90 Å². The van der Waals surface area contributed by atoms with Gasteiger partial charge in [0.15, 0.2) is 0 Å². The molecule has 0 heterocycles. The van der Waals surface area contributed by atoms with Crippen molar-refractivity contribution in [3.8, 4) is 0 Å². The highest BCUT2D eigenvalue weighted by Crippen LogP contribution is 2.33. The molecule has 0 radical (unpaired) electrons. The molecular formula is C11H27ClSi2. The standard InChI is InChI=1S/C11H27ClSi2/c1-6-8-10-13(3,4)14(5,12)11-9-7-2/h6-11H2,1-5H3. The molecule has 0 aromatic heterocycles. The summed E-state index contributed by atoms with van der Waals surface area (Å²) in [6.07, 6.45) is 5.36. The Kier molecular flexibility index (Phi) is 6.67. The van der Waals surface area contributed by atoms with Crippen LogP contribution in [-0.2, 0) is 0 Å². The van der Waals surface area contributed by atoms with Crippen LogP contribution in [0.2, 0.25) is 31.7 Å². The lowest BCUT2D eigenvalue weighted by Crippen LogP contribution is -2.52. The van der Waals surface area contributed by atoms with Crippen molar-refractivity contribution in [1.82, 2.24) is 0 Å². The van der Waals surface area contributed by atoms with Gasteiger partial charge >= 0.3 is 0 Å². The highest BCUT2D eigenvalue weighted by molar-refractivity contribution is 7.58. The third-order valence-electron chi connectivity index (χ3n) is 3.57. The lowest BCUT2D eigenvalue weighted by Gasteiger charge is -2.36. The summed E-state index contributed by atoms with van der Waals surface area (Å²) in [6.45, 7) is 10.6. The van der Waals surface area contributed by atoms with E-state index in [0.717, 1.165) is 0 Å². The van der Waals surface area contributed by atoms with E-state index < -0.39 is 14.5 Å². The van der Waals surface area contributed by atoms with E-state index in [2.05, 4.69) is 33.5 Å². The Labute approximate surface area is 96.9 Å². The van der Waals surface area contributed by atoms with Crippen molar-refractivity contribution in [1.29, 1.82) is 0 Å². The van der Waals surface area contributed by atoms with E-state index in [1.54, 1.807) is 0 Å². The van der Waals surface area contributed by atoms with Gasteiger partial charge in [0.25, 0.3) is 0 Å². The second kappa shape index (κ2) is 6.34. The first kappa shape index (κ1) is 14.7. The first-order valence-corrected chi connectivity index (χ1v) is 14.0. The SMILES string of the molecule is CCCC[Si](C)(C)[Si](C)(Cl)CCCC. The Morgan fingerprint density at radius 3 is 1.71 bits per heavy atom. The maximum absolute atomic E-state index is 6.84. The molecule has 0 aliphatic rings. The molecule has 0 aromatic carbocycles. The van der Waals surface area contributed by atoms with Gasteiger partial charge in [-0.3, -0.25) is 0 Å². The second-order valence-corrected chi connectivity index (χ2v) is 23.3. The van der Waals surface area contributed by atoms with Crippen molar-refractivity contribution in [3.63, 3.8) is 0 Å². The third-order valence-corrected chi connectivity index (χ3v) is 24.4. The molecule has 0 aliphatic heterocycles. The van der Waals surface area contributed by atoms with Crippen molar-refractivity contribution < 1.29 is 0 Å². The van der Waals surface area contributed by atoms with E-state index in [-0.39, 0.29) is 0 Å². The zero-order chi connectivity index (χ0) is 11.2. The van der Waals surface area contributed by atoms with Gasteiger partial charge in [-0.15, -0.1) is 0 Å². The molecule has 0 N–H and O–H groups in total. The number of rotatable bonds is 7. The summed E-state index contributed by atoms with van der Waals surface area (Å²) in [5.41, 5.74) is 0. The highest BCUT2D eigenvalue weighted by atomic mass is 35.6. The molecule has 0 saturated heterocycles. The molecule has 1 unspecified atom stereocenters. The van der Waals surface area contributed by atoms with Crippen LogP contribution in [0, 0.1) is 0 Å². The zero-order valence-corrected chi connectivity index (χ0v) is 13.4. The lowest BCUT2D eigenvalue weighted by molar-refractivity contribution is 0.863. The Morgan fingerprint density at radius 1 is 0.857 bits per heavy atom. The van der Waals surface area contributed by atoms with Gasteiger partial charge in [-0.1, -0.05) is 65.2 Å². The monoisotopic (exact) mass is 250 g/mol. The van der Waals surface area contributed by atoms with Gasteiger partial charge in [-0.2, -0.15) is 11.1 Å². The minimum Gasteiger partial charge on any atom is -0.171 e. The average molecular weight is 251 g/mol. The topological polar surface area (TPSA) is 0 Å². The molecule has 1 atom stereocenters. The molecule has 0 nitrogen and oxygen atoms in total. The largest absolute Gasteiger partial charge is 0.171 e. The summed E-state index contributed by atoms with van der Waals surface area (Å²) in [5, 5.41) is 0. The van der Waals surface area contributed by atoms with Crippen LogP contribution in [0.1, 0.15) is 39.5 Å². The van der Waals surface area contributed by atoms with Crippen LogP contribution in [0.4, 0.5) is 0 Å². The predicted molar refractivity (Wildman–Crippen MR) is 74.4 cm³/mol. The first-order valence-electron chi connectivity index (χ1n) is 6.06. The molecule has 0 aliphatic carbocycles. The van der Waals surface area contributed by atoms with Crippen molar-refractivity contribution in [3.05, 3.63) is 0 Å². The fourth-order valence-corrected chi connectivity index (χ4v) is 11.1. The minimum atomic E-state index is -1.38. The van der Waals surface area contributed by atoms with E-state index in [0.29, 0.717) is 0 Å². The summed E-state index contributed by atoms with van der Waals surface area (Å²) in [6, 6.07) is 2.79. The van der Waals surface area contributed by atoms with E-state index in [1.165, 1.54) is 37.8 Å². The quantitative estimate of drug-likeness (QED) is 0.431. The van der Waals surface area contributed by atoms with Crippen LogP contribution in [-0.4, -0.2) is 14.5 Å². The summed E-state index contributed by atoms with van der Waals surface area (Å²) in [5.74, 6) is 0. The smallest absolute Gasteiger partial charge is 0.143 e. The molecule has 0 fully saturated rings. The van der Waals surface area contributed by atoms with Gasteiger partial charge < -0.3 is 0 Å². The Balaban J connectivity index is 4.20. The average Bonchev–Trinajstić information content (AvgIpc) is 2.11. The van der Waals surface area contributed by atoms with E-state index >= 15 is 0 Å². The van der Waals surface area contributed by atoms with Gasteiger partial charge in [0.2, 0.25) is 0 Å². The maximum atomic E-state index is 6.84. The van der Waals surface area contributed by atoms with Crippen LogP contribution in [0.3, 0.4) is 0 Å². The highest BCUT2D eigenvalue weighted by Gasteiger charge is 2.42. The first-order chi connectivity index (χ1) is 6.37. The van der Waals surface area contributed by atoms with Crippen LogP contribution in [0.25, 0.3) is 0 Å². The normalized spacial score (nSPS) is 16.7. The Bertz CT molecular complexity index is 137. The van der Waals surface area contributed by atoms with Crippen LogP contribution >= 0.6 is 11.1 Å². The van der Waals surface area contributed by atoms with Gasteiger partial charge in [0.05, 0.1) is 7.59 Å². The third kappa shape index (κ3) is 4.50. The van der Waals surface area contributed by atoms with Gasteiger partial charge in [-0.05, 0) is 6.04 Å². The van der Waals surface area contributed by atoms with Crippen molar-refractivity contribution >= 4 is 25.6 Å². The fraction of sp³-hybridized carbons (Fsp3) is 1.00. The van der Waals surface area contributed by atoms with E-state index in [1.807, 2.05) is 0 Å². The van der Waals surface area contributed by atoms with Crippen molar-refractivity contribution in [2.24, 2.45) is 0 Å². The molecule has 3 heteroatoms. The number of hydrogen-bond donors (Lipinski definition) is 0. The predicted octanol–water partition coefficient (Wildman–Crippen LogP) is 5.19. The molecule has 86 valence electrons. The van der Waals surface area contributed by atoms with Crippen molar-refractivity contribution in [2.75, 3.05) is 0 Å². The zero-order valence-electron chi connectivity index (χ0n) is 10.6. The second-order valence-electron chi connectivity index (χ2n) is 5.29. The molecule has 0 aromatic rings. The van der Waals surface area contributed by atoms with Crippen molar-refractivity contribution in [2.45, 2.75) is 71.3 Å². The van der Waals surface area contributed by atoms with E-state index in [9.17, 15) is 0 Å². The fourth-order valence-electron chi connectivity index (χ4n) is 1.73. The molecule has 0 rings (SSSR count). The van der Waals surface area contributed by atoms with E-state index in [4.69, 9.17) is 11.1 Å². The van der Waals surface area contributed by atoms with Crippen LogP contribution < -0.4 is 0 Å². The molecule has 0 saturated carbocycles. The summed E-state index contributed by atoms with van der Waals surface area (Å²) in [4.78, 5) is 0. The van der Waals surface area contributed by atoms with Crippen LogP contribution in [0.5, 0.6) is 0 Å². The molecule has 0 bridgehead atoms. The molecular weight excluding hydrogens is 224 g/mol. The summed E-state index contributed by atoms with van der Waals surface area (Å²) in [7, 11) is -1.08.